The monoisotopic (exact) mass is 406 g/mol. The molecule has 0 amide bonds. The topological polar surface area (TPSA) is 50.7 Å². The van der Waals surface area contributed by atoms with E-state index in [-0.39, 0.29) is 0 Å². The van der Waals surface area contributed by atoms with E-state index < -0.39 is 5.95 Å². The molecule has 0 saturated carbocycles. The average molecular weight is 406 g/mol. The Morgan fingerprint density at radius 1 is 0.677 bits per heavy atom. The highest BCUT2D eigenvalue weighted by Crippen LogP contribution is 2.27. The van der Waals surface area contributed by atoms with Gasteiger partial charge in [0.2, 0.25) is 5.95 Å². The van der Waals surface area contributed by atoms with Gasteiger partial charge < -0.3 is 5.32 Å². The van der Waals surface area contributed by atoms with Crippen LogP contribution in [0, 0.1) is 5.95 Å². The Morgan fingerprint density at radius 3 is 2.23 bits per heavy atom. The molecule has 0 aliphatic rings. The molecule has 3 aromatic carbocycles. The van der Waals surface area contributed by atoms with Crippen molar-refractivity contribution in [2.45, 2.75) is 6.54 Å². The van der Waals surface area contributed by atoms with E-state index in [1.54, 1.807) is 12.4 Å². The quantitative estimate of drug-likeness (QED) is 0.358. The van der Waals surface area contributed by atoms with Crippen molar-refractivity contribution in [1.82, 2.24) is 15.0 Å². The van der Waals surface area contributed by atoms with Gasteiger partial charge in [-0.2, -0.15) is 4.39 Å². The molecule has 0 fully saturated rings. The molecule has 0 saturated heterocycles. The number of hydrogen-bond donors (Lipinski definition) is 1. The van der Waals surface area contributed by atoms with E-state index in [1.807, 2.05) is 42.5 Å². The largest absolute Gasteiger partial charge is 0.365 e. The van der Waals surface area contributed by atoms with Gasteiger partial charge in [-0.15, -0.1) is 0 Å². The molecular weight excluding hydrogens is 387 g/mol. The van der Waals surface area contributed by atoms with E-state index in [4.69, 9.17) is 0 Å². The van der Waals surface area contributed by atoms with Crippen molar-refractivity contribution < 1.29 is 4.39 Å². The van der Waals surface area contributed by atoms with Crippen LogP contribution in [0.1, 0.15) is 5.56 Å². The van der Waals surface area contributed by atoms with Gasteiger partial charge in [0.1, 0.15) is 12.1 Å². The molecule has 0 bridgehead atoms. The van der Waals surface area contributed by atoms with Crippen molar-refractivity contribution in [3.05, 3.63) is 109 Å². The van der Waals surface area contributed by atoms with Crippen LogP contribution < -0.4 is 5.32 Å². The summed E-state index contributed by atoms with van der Waals surface area (Å²) in [7, 11) is 0. The third-order valence-electron chi connectivity index (χ3n) is 5.22. The van der Waals surface area contributed by atoms with Crippen LogP contribution in [0.2, 0.25) is 0 Å². The van der Waals surface area contributed by atoms with Crippen LogP contribution in [0.4, 0.5) is 10.2 Å². The maximum absolute atomic E-state index is 13.4. The highest BCUT2D eigenvalue weighted by atomic mass is 19.1. The van der Waals surface area contributed by atoms with E-state index in [0.29, 0.717) is 6.54 Å². The fourth-order valence-corrected chi connectivity index (χ4v) is 3.59. The van der Waals surface area contributed by atoms with Gasteiger partial charge in [0.15, 0.2) is 0 Å². The normalized spacial score (nSPS) is 10.9. The third kappa shape index (κ3) is 4.12. The first-order chi connectivity index (χ1) is 15.3. The number of halogens is 1. The van der Waals surface area contributed by atoms with Crippen LogP contribution in [0.5, 0.6) is 0 Å². The van der Waals surface area contributed by atoms with Crippen LogP contribution >= 0.6 is 0 Å². The van der Waals surface area contributed by atoms with E-state index in [2.05, 4.69) is 50.6 Å². The number of fused-ring (bicyclic) bond motifs is 1. The first kappa shape index (κ1) is 18.9. The Balaban J connectivity index is 1.35. The lowest BCUT2D eigenvalue weighted by Crippen LogP contribution is -2.02. The number of nitrogens with zero attached hydrogens (tertiary/aromatic N) is 3. The summed E-state index contributed by atoms with van der Waals surface area (Å²) in [5, 5.41) is 4.39. The Morgan fingerprint density at radius 2 is 1.42 bits per heavy atom. The number of pyridine rings is 1. The second-order valence-corrected chi connectivity index (χ2v) is 7.24. The summed E-state index contributed by atoms with van der Waals surface area (Å²) in [5.74, 6) is 0.319. The molecule has 5 heteroatoms. The van der Waals surface area contributed by atoms with Crippen molar-refractivity contribution >= 4 is 16.7 Å². The fraction of sp³-hybridized carbons (Fsp3) is 0.0385. The van der Waals surface area contributed by atoms with Crippen LogP contribution in [0.15, 0.2) is 97.5 Å². The molecule has 0 unspecified atom stereocenters. The zero-order valence-corrected chi connectivity index (χ0v) is 16.7. The maximum Gasteiger partial charge on any atom is 0.213 e. The molecule has 0 aliphatic heterocycles. The lowest BCUT2D eigenvalue weighted by molar-refractivity contribution is 0.584. The minimum Gasteiger partial charge on any atom is -0.365 e. The molecule has 150 valence electrons. The summed E-state index contributed by atoms with van der Waals surface area (Å²) >= 11 is 0. The number of hydrogen-bond acceptors (Lipinski definition) is 4. The number of anilines is 1. The SMILES string of the molecule is Fc1cc(-c2ccc(CNc3ncnc4cc(-c5ccccc5)ccc34)cc2)ccn1. The first-order valence-corrected chi connectivity index (χ1v) is 10.0. The molecule has 0 atom stereocenters. The Labute approximate surface area is 179 Å². The van der Waals surface area contributed by atoms with Crippen LogP contribution in [-0.2, 0) is 6.54 Å². The number of rotatable bonds is 5. The smallest absolute Gasteiger partial charge is 0.213 e. The van der Waals surface area contributed by atoms with Gasteiger partial charge in [0.05, 0.1) is 5.52 Å². The van der Waals surface area contributed by atoms with Gasteiger partial charge >= 0.3 is 0 Å². The van der Waals surface area contributed by atoms with E-state index >= 15 is 0 Å². The summed E-state index contributed by atoms with van der Waals surface area (Å²) in [4.78, 5) is 12.5. The summed E-state index contributed by atoms with van der Waals surface area (Å²) in [6, 6.07) is 27.7. The zero-order valence-electron chi connectivity index (χ0n) is 16.7. The lowest BCUT2D eigenvalue weighted by Gasteiger charge is -2.10. The summed E-state index contributed by atoms with van der Waals surface area (Å²) in [6.45, 7) is 0.623. The van der Waals surface area contributed by atoms with Gasteiger partial charge in [-0.1, -0.05) is 60.7 Å². The third-order valence-corrected chi connectivity index (χ3v) is 5.22. The highest BCUT2D eigenvalue weighted by Gasteiger charge is 2.06. The van der Waals surface area contributed by atoms with Gasteiger partial charge in [0.25, 0.3) is 0 Å². The summed E-state index contributed by atoms with van der Waals surface area (Å²) in [5.41, 5.74) is 6.04. The molecule has 0 radical (unpaired) electrons. The minimum absolute atomic E-state index is 0.477. The highest BCUT2D eigenvalue weighted by molar-refractivity contribution is 5.91. The fourth-order valence-electron chi connectivity index (χ4n) is 3.59. The van der Waals surface area contributed by atoms with E-state index in [9.17, 15) is 4.39 Å². The Hall–Kier alpha value is -4.12. The van der Waals surface area contributed by atoms with Gasteiger partial charge in [-0.3, -0.25) is 0 Å². The number of benzene rings is 3. The van der Waals surface area contributed by atoms with Crippen LogP contribution in [0.3, 0.4) is 0 Å². The van der Waals surface area contributed by atoms with Crippen molar-refractivity contribution in [3.63, 3.8) is 0 Å². The van der Waals surface area contributed by atoms with Crippen molar-refractivity contribution in [1.29, 1.82) is 0 Å². The van der Waals surface area contributed by atoms with Crippen molar-refractivity contribution in [3.8, 4) is 22.3 Å². The Bertz CT molecular complexity index is 1340. The molecule has 0 spiro atoms. The number of nitrogens with one attached hydrogen (secondary N) is 1. The van der Waals surface area contributed by atoms with E-state index in [0.717, 1.165) is 44.5 Å². The molecule has 1 N–H and O–H groups in total. The van der Waals surface area contributed by atoms with Crippen molar-refractivity contribution in [2.24, 2.45) is 0 Å². The predicted octanol–water partition coefficient (Wildman–Crippen LogP) is 6.11. The van der Waals surface area contributed by atoms with Crippen LogP contribution in [-0.4, -0.2) is 15.0 Å². The molecule has 2 aromatic heterocycles. The predicted molar refractivity (Wildman–Crippen MR) is 122 cm³/mol. The second-order valence-electron chi connectivity index (χ2n) is 7.24. The molecular formula is C26H19FN4. The molecule has 5 rings (SSSR count). The van der Waals surface area contributed by atoms with Gasteiger partial charge in [0, 0.05) is 24.2 Å². The first-order valence-electron chi connectivity index (χ1n) is 10.0. The number of aromatic nitrogens is 3. The second kappa shape index (κ2) is 8.32. The summed E-state index contributed by atoms with van der Waals surface area (Å²) < 4.78 is 13.4. The molecule has 31 heavy (non-hydrogen) atoms. The molecule has 4 nitrogen and oxygen atoms in total. The molecule has 0 aliphatic carbocycles. The molecule has 2 heterocycles. The molecule has 5 aromatic rings. The van der Waals surface area contributed by atoms with E-state index in [1.165, 1.54) is 12.3 Å². The zero-order chi connectivity index (χ0) is 21.0. The van der Waals surface area contributed by atoms with Crippen molar-refractivity contribution in [2.75, 3.05) is 5.32 Å². The Kier molecular flexibility index (Phi) is 5.07. The van der Waals surface area contributed by atoms with Gasteiger partial charge in [-0.25, -0.2) is 15.0 Å². The lowest BCUT2D eigenvalue weighted by atomic mass is 10.0. The minimum atomic E-state index is -0.477. The van der Waals surface area contributed by atoms with Crippen LogP contribution in [0.25, 0.3) is 33.2 Å². The standard InChI is InChI=1S/C26H19FN4/c27-25-15-22(12-13-28-25)20-8-6-18(7-9-20)16-29-26-23-11-10-21(14-24(23)30-17-31-26)19-4-2-1-3-5-19/h1-15,17H,16H2,(H,29,30,31). The van der Waals surface area contributed by atoms with Gasteiger partial charge in [-0.05, 0) is 46.0 Å². The maximum atomic E-state index is 13.4. The average Bonchev–Trinajstić information content (AvgIpc) is 2.83. The summed E-state index contributed by atoms with van der Waals surface area (Å²) in [6.07, 6.45) is 3.06.